The molecule has 0 aliphatic heterocycles. The van der Waals surface area contributed by atoms with Gasteiger partial charge in [-0.2, -0.15) is 0 Å². The van der Waals surface area contributed by atoms with E-state index in [9.17, 15) is 26.7 Å². The summed E-state index contributed by atoms with van der Waals surface area (Å²) in [5.74, 6) is -13.1. The molecule has 0 aromatic heterocycles. The van der Waals surface area contributed by atoms with Crippen molar-refractivity contribution in [1.29, 1.82) is 0 Å². The number of carbonyl (C=O) groups excluding carboxylic acids is 1. The fraction of sp³-hybridized carbons (Fsp3) is 0.929. The minimum Gasteiger partial charge on any atom is -0.460 e. The molecule has 3 atom stereocenters. The van der Waals surface area contributed by atoms with E-state index in [0.29, 0.717) is 0 Å². The van der Waals surface area contributed by atoms with Crippen molar-refractivity contribution < 1.29 is 31.5 Å². The van der Waals surface area contributed by atoms with Gasteiger partial charge in [-0.05, 0) is 39.5 Å². The summed E-state index contributed by atoms with van der Waals surface area (Å²) in [6, 6.07) is 0. The Morgan fingerprint density at radius 1 is 1.14 bits per heavy atom. The Morgan fingerprint density at radius 3 is 2.00 bits per heavy atom. The van der Waals surface area contributed by atoms with Crippen LogP contribution in [0.25, 0.3) is 0 Å². The van der Waals surface area contributed by atoms with Crippen LogP contribution in [-0.2, 0) is 9.53 Å². The van der Waals surface area contributed by atoms with E-state index in [1.807, 2.05) is 0 Å². The normalized spacial score (nSPS) is 33.6. The molecule has 0 bridgehead atoms. The number of carbonyl (C=O) groups is 1. The van der Waals surface area contributed by atoms with Crippen LogP contribution in [0.15, 0.2) is 0 Å². The molecule has 0 aromatic carbocycles. The zero-order chi connectivity index (χ0) is 16.9. The first-order valence-electron chi connectivity index (χ1n) is 6.79. The summed E-state index contributed by atoms with van der Waals surface area (Å²) in [6.45, 7) is 5.88. The molecule has 0 saturated heterocycles. The molecule has 2 nitrogen and oxygen atoms in total. The Bertz CT molecular complexity index is 411. The van der Waals surface area contributed by atoms with Crippen LogP contribution in [0.5, 0.6) is 0 Å². The van der Waals surface area contributed by atoms with E-state index >= 15 is 0 Å². The van der Waals surface area contributed by atoms with Gasteiger partial charge < -0.3 is 4.74 Å². The van der Waals surface area contributed by atoms with E-state index in [2.05, 4.69) is 0 Å². The maximum Gasteiger partial charge on any atom is 0.315 e. The monoisotopic (exact) mass is 316 g/mol. The largest absolute Gasteiger partial charge is 0.460 e. The fourth-order valence-electron chi connectivity index (χ4n) is 2.62. The highest BCUT2D eigenvalue weighted by molar-refractivity contribution is 5.74. The molecule has 0 aromatic rings. The third-order valence-electron chi connectivity index (χ3n) is 3.62. The van der Waals surface area contributed by atoms with Crippen LogP contribution >= 0.6 is 0 Å². The number of ether oxygens (including phenoxy) is 1. The molecule has 0 N–H and O–H groups in total. The number of rotatable bonds is 2. The van der Waals surface area contributed by atoms with E-state index in [1.54, 1.807) is 0 Å². The Labute approximate surface area is 121 Å². The minimum absolute atomic E-state index is 0.116. The van der Waals surface area contributed by atoms with Crippen LogP contribution in [0.3, 0.4) is 0 Å². The van der Waals surface area contributed by atoms with Crippen LogP contribution < -0.4 is 0 Å². The van der Waals surface area contributed by atoms with Gasteiger partial charge in [0.15, 0.2) is 0 Å². The Balaban J connectivity index is 3.19. The van der Waals surface area contributed by atoms with Gasteiger partial charge >= 0.3 is 11.9 Å². The quantitative estimate of drug-likeness (QED) is 0.558. The lowest BCUT2D eigenvalue weighted by Crippen LogP contribution is -2.64. The van der Waals surface area contributed by atoms with Gasteiger partial charge in [0.25, 0.3) is 5.92 Å². The first-order chi connectivity index (χ1) is 9.12. The smallest absolute Gasteiger partial charge is 0.315 e. The van der Waals surface area contributed by atoms with Crippen molar-refractivity contribution in [3.05, 3.63) is 0 Å². The van der Waals surface area contributed by atoms with Crippen LogP contribution in [0.4, 0.5) is 22.0 Å². The van der Waals surface area contributed by atoms with Crippen LogP contribution in [0, 0.1) is 11.8 Å². The summed E-state index contributed by atoms with van der Waals surface area (Å²) in [5, 5.41) is 0. The molecule has 124 valence electrons. The second-order valence-electron chi connectivity index (χ2n) is 6.94. The highest BCUT2D eigenvalue weighted by Gasteiger charge is 2.73. The number of halogens is 5. The van der Waals surface area contributed by atoms with E-state index in [1.165, 1.54) is 27.7 Å². The van der Waals surface area contributed by atoms with Crippen LogP contribution in [0.2, 0.25) is 0 Å². The molecule has 1 saturated carbocycles. The Hall–Kier alpha value is -0.880. The Morgan fingerprint density at radius 2 is 1.62 bits per heavy atom. The molecular weight excluding hydrogens is 295 g/mol. The van der Waals surface area contributed by atoms with Crippen molar-refractivity contribution in [3.8, 4) is 0 Å². The first kappa shape index (κ1) is 18.2. The predicted octanol–water partition coefficient (Wildman–Crippen LogP) is 4.37. The van der Waals surface area contributed by atoms with Gasteiger partial charge in [0.2, 0.25) is 5.67 Å². The number of hydrogen-bond donors (Lipinski definition) is 0. The topological polar surface area (TPSA) is 26.3 Å². The molecule has 1 fully saturated rings. The number of esters is 1. The molecule has 0 radical (unpaired) electrons. The highest BCUT2D eigenvalue weighted by Crippen LogP contribution is 2.56. The molecule has 1 rings (SSSR count). The first-order valence-corrected chi connectivity index (χ1v) is 6.79. The zero-order valence-electron chi connectivity index (χ0n) is 12.8. The molecule has 21 heavy (non-hydrogen) atoms. The Kier molecular flexibility index (Phi) is 4.40. The molecule has 0 spiro atoms. The van der Waals surface area contributed by atoms with E-state index in [0.717, 1.165) is 0 Å². The van der Waals surface area contributed by atoms with Crippen molar-refractivity contribution in [1.82, 2.24) is 0 Å². The maximum absolute atomic E-state index is 14.4. The fourth-order valence-corrected chi connectivity index (χ4v) is 2.62. The van der Waals surface area contributed by atoms with Gasteiger partial charge in [0, 0.05) is 6.92 Å². The summed E-state index contributed by atoms with van der Waals surface area (Å²) in [5.41, 5.74) is -5.11. The van der Waals surface area contributed by atoms with E-state index in [4.69, 9.17) is 4.74 Å². The lowest BCUT2D eigenvalue weighted by Gasteiger charge is -2.46. The third-order valence-corrected chi connectivity index (χ3v) is 3.62. The van der Waals surface area contributed by atoms with Crippen LogP contribution in [0.1, 0.15) is 47.5 Å². The van der Waals surface area contributed by atoms with Crippen LogP contribution in [-0.4, -0.2) is 29.1 Å². The molecular formula is C14H21F5O2. The highest BCUT2D eigenvalue weighted by atomic mass is 19.3. The van der Waals surface area contributed by atoms with Crippen molar-refractivity contribution in [2.45, 2.75) is 70.6 Å². The molecule has 1 aliphatic carbocycles. The summed E-state index contributed by atoms with van der Waals surface area (Å²) in [7, 11) is 0. The molecule has 7 heteroatoms. The van der Waals surface area contributed by atoms with Gasteiger partial charge in [-0.15, -0.1) is 0 Å². The lowest BCUT2D eigenvalue weighted by atomic mass is 9.68. The van der Waals surface area contributed by atoms with Gasteiger partial charge in [-0.1, -0.05) is 6.92 Å². The zero-order valence-corrected chi connectivity index (χ0v) is 12.8. The van der Waals surface area contributed by atoms with Crippen molar-refractivity contribution >= 4 is 5.97 Å². The molecule has 3 unspecified atom stereocenters. The van der Waals surface area contributed by atoms with E-state index < -0.39 is 47.3 Å². The SMILES string of the molecule is CC1CC(C(=O)OC(C)(C)C)C(F)(F)C(F)(C(C)(F)F)C1. The van der Waals surface area contributed by atoms with E-state index in [-0.39, 0.29) is 13.3 Å². The molecule has 1 aliphatic rings. The lowest BCUT2D eigenvalue weighted by molar-refractivity contribution is -0.284. The average Bonchev–Trinajstić information content (AvgIpc) is 2.19. The molecule has 0 amide bonds. The summed E-state index contributed by atoms with van der Waals surface area (Å²) >= 11 is 0. The summed E-state index contributed by atoms with van der Waals surface area (Å²) in [6.07, 6.45) is -1.38. The van der Waals surface area contributed by atoms with Crippen molar-refractivity contribution in [3.63, 3.8) is 0 Å². The second kappa shape index (κ2) is 5.09. The minimum atomic E-state index is -4.49. The maximum atomic E-state index is 14.4. The van der Waals surface area contributed by atoms with Gasteiger partial charge in [0.05, 0.1) is 0 Å². The predicted molar refractivity (Wildman–Crippen MR) is 67.1 cm³/mol. The standard InChI is InChI=1S/C14H21F5O2/c1-8-6-9(10(20)21-11(2,3)4)14(18,19)13(17,7-8)12(5,15)16/h8-9H,6-7H2,1-5H3. The van der Waals surface area contributed by atoms with Crippen molar-refractivity contribution in [2.75, 3.05) is 0 Å². The summed E-state index contributed by atoms with van der Waals surface area (Å²) < 4.78 is 74.7. The number of hydrogen-bond acceptors (Lipinski definition) is 2. The average molecular weight is 316 g/mol. The van der Waals surface area contributed by atoms with Crippen molar-refractivity contribution in [2.24, 2.45) is 11.8 Å². The van der Waals surface area contributed by atoms with Gasteiger partial charge in [-0.25, -0.2) is 22.0 Å². The second-order valence-corrected chi connectivity index (χ2v) is 6.94. The van der Waals surface area contributed by atoms with Gasteiger partial charge in [-0.3, -0.25) is 4.79 Å². The third kappa shape index (κ3) is 3.31. The summed E-state index contributed by atoms with van der Waals surface area (Å²) in [4.78, 5) is 11.9. The molecule has 0 heterocycles. The number of alkyl halides is 5. The van der Waals surface area contributed by atoms with Gasteiger partial charge in [0.1, 0.15) is 11.5 Å².